The zero-order chi connectivity index (χ0) is 12.4. The molecule has 0 bridgehead atoms. The molecule has 0 aromatic carbocycles. The number of fused-ring (bicyclic) bond motifs is 1. The number of nitrogens with one attached hydrogen (secondary N) is 1. The van der Waals surface area contributed by atoms with Gasteiger partial charge in [0.1, 0.15) is 0 Å². The molecule has 0 amide bonds. The van der Waals surface area contributed by atoms with Crippen LogP contribution in [-0.4, -0.2) is 19.6 Å². The summed E-state index contributed by atoms with van der Waals surface area (Å²) >= 11 is 0. The lowest BCUT2D eigenvalue weighted by molar-refractivity contribution is 0.930. The first-order chi connectivity index (χ1) is 8.86. The van der Waals surface area contributed by atoms with Crippen LogP contribution in [0.5, 0.6) is 0 Å². The third kappa shape index (κ3) is 1.90. The van der Waals surface area contributed by atoms with Crippen molar-refractivity contribution in [2.24, 2.45) is 0 Å². The zero-order valence-corrected chi connectivity index (χ0v) is 10.0. The Hall–Kier alpha value is -2.43. The molecule has 5 heteroatoms. The molecule has 0 aliphatic carbocycles. The van der Waals surface area contributed by atoms with E-state index in [0.717, 1.165) is 17.3 Å². The molecular weight excluding hydrogens is 226 g/mol. The normalized spacial score (nSPS) is 10.7. The summed E-state index contributed by atoms with van der Waals surface area (Å²) in [5.74, 6) is 0.566. The molecule has 3 heterocycles. The fraction of sp³-hybridized carbons (Fsp3) is 0.154. The van der Waals surface area contributed by atoms with Gasteiger partial charge in [-0.3, -0.25) is 15.1 Å². The summed E-state index contributed by atoms with van der Waals surface area (Å²) in [4.78, 5) is 12.6. The van der Waals surface area contributed by atoms with Crippen molar-refractivity contribution in [2.45, 2.75) is 13.3 Å². The number of rotatable bonds is 3. The van der Waals surface area contributed by atoms with Crippen LogP contribution in [0.4, 0.5) is 5.95 Å². The van der Waals surface area contributed by atoms with Crippen molar-refractivity contribution in [3.8, 4) is 0 Å². The molecule has 0 aliphatic heterocycles. The predicted octanol–water partition coefficient (Wildman–Crippen LogP) is 2.26. The maximum Gasteiger partial charge on any atom is 0.242 e. The Bertz CT molecular complexity index is 659. The van der Waals surface area contributed by atoms with Gasteiger partial charge in [0.05, 0.1) is 11.7 Å². The molecule has 0 spiro atoms. The molecule has 0 radical (unpaired) electrons. The van der Waals surface area contributed by atoms with Crippen molar-refractivity contribution in [1.82, 2.24) is 19.6 Å². The Labute approximate surface area is 104 Å². The van der Waals surface area contributed by atoms with Gasteiger partial charge in [0, 0.05) is 30.2 Å². The van der Waals surface area contributed by atoms with Gasteiger partial charge in [-0.15, -0.1) is 0 Å². The van der Waals surface area contributed by atoms with Gasteiger partial charge in [-0.05, 0) is 24.1 Å². The van der Waals surface area contributed by atoms with Crippen LogP contribution in [0.25, 0.3) is 10.9 Å². The van der Waals surface area contributed by atoms with E-state index in [1.54, 1.807) is 18.5 Å². The Morgan fingerprint density at radius 1 is 1.11 bits per heavy atom. The highest BCUT2D eigenvalue weighted by atomic mass is 15.4. The van der Waals surface area contributed by atoms with Crippen LogP contribution in [0.3, 0.4) is 0 Å². The smallest absolute Gasteiger partial charge is 0.242 e. The summed E-state index contributed by atoms with van der Waals surface area (Å²) in [6, 6.07) is 3.83. The average molecular weight is 239 g/mol. The first kappa shape index (κ1) is 10.7. The molecule has 3 aromatic rings. The lowest BCUT2D eigenvalue weighted by atomic mass is 10.1. The van der Waals surface area contributed by atoms with Crippen molar-refractivity contribution in [1.29, 1.82) is 0 Å². The maximum absolute atomic E-state index is 4.35. The van der Waals surface area contributed by atoms with Crippen molar-refractivity contribution in [3.05, 3.63) is 48.7 Å². The summed E-state index contributed by atoms with van der Waals surface area (Å²) in [5.41, 5.74) is 5.36. The molecule has 3 aromatic heterocycles. The molecule has 0 fully saturated rings. The van der Waals surface area contributed by atoms with Crippen LogP contribution in [0.1, 0.15) is 12.5 Å². The van der Waals surface area contributed by atoms with Gasteiger partial charge in [0.2, 0.25) is 5.95 Å². The SMILES string of the molecule is CCc1ccnc2cn(Nc3ncccn3)cc12. The lowest BCUT2D eigenvalue weighted by Crippen LogP contribution is -2.08. The van der Waals surface area contributed by atoms with Crippen LogP contribution >= 0.6 is 0 Å². The molecule has 0 atom stereocenters. The van der Waals surface area contributed by atoms with E-state index in [0.29, 0.717) is 5.95 Å². The van der Waals surface area contributed by atoms with Crippen molar-refractivity contribution in [3.63, 3.8) is 0 Å². The third-order valence-electron chi connectivity index (χ3n) is 2.82. The van der Waals surface area contributed by atoms with Crippen LogP contribution in [0.15, 0.2) is 43.1 Å². The molecule has 1 N–H and O–H groups in total. The number of nitrogens with zero attached hydrogens (tertiary/aromatic N) is 4. The van der Waals surface area contributed by atoms with Gasteiger partial charge in [-0.1, -0.05) is 6.92 Å². The standard InChI is InChI=1S/C13H13N5/c1-2-10-4-7-14-12-9-18(8-11(10)12)17-13-15-5-3-6-16-13/h3-9H,2H2,1H3,(H,15,16,17). The quantitative estimate of drug-likeness (QED) is 0.761. The van der Waals surface area contributed by atoms with E-state index in [2.05, 4.69) is 27.3 Å². The molecule has 0 saturated carbocycles. The van der Waals surface area contributed by atoms with E-state index in [9.17, 15) is 0 Å². The second kappa shape index (κ2) is 4.44. The van der Waals surface area contributed by atoms with Crippen LogP contribution in [0.2, 0.25) is 0 Å². The summed E-state index contributed by atoms with van der Waals surface area (Å²) in [7, 11) is 0. The number of aromatic nitrogens is 4. The van der Waals surface area contributed by atoms with Gasteiger partial charge < -0.3 is 0 Å². The van der Waals surface area contributed by atoms with Gasteiger partial charge in [-0.2, -0.15) is 0 Å². The highest BCUT2D eigenvalue weighted by Crippen LogP contribution is 2.17. The highest BCUT2D eigenvalue weighted by Gasteiger charge is 2.04. The number of aryl methyl sites for hydroxylation is 1. The number of pyridine rings is 1. The first-order valence-electron chi connectivity index (χ1n) is 5.86. The molecule has 0 aliphatic rings. The molecule has 3 rings (SSSR count). The van der Waals surface area contributed by atoms with E-state index in [4.69, 9.17) is 0 Å². The van der Waals surface area contributed by atoms with Crippen LogP contribution in [-0.2, 0) is 6.42 Å². The Kier molecular flexibility index (Phi) is 2.64. The predicted molar refractivity (Wildman–Crippen MR) is 70.2 cm³/mol. The minimum absolute atomic E-state index is 0.566. The molecular formula is C13H13N5. The topological polar surface area (TPSA) is 55.6 Å². The first-order valence-corrected chi connectivity index (χ1v) is 5.86. The second-order valence-electron chi connectivity index (χ2n) is 3.97. The average Bonchev–Trinajstić information content (AvgIpc) is 2.82. The Morgan fingerprint density at radius 2 is 1.94 bits per heavy atom. The lowest BCUT2D eigenvalue weighted by Gasteiger charge is -2.03. The summed E-state index contributed by atoms with van der Waals surface area (Å²) in [5, 5.41) is 1.16. The third-order valence-corrected chi connectivity index (χ3v) is 2.82. The summed E-state index contributed by atoms with van der Waals surface area (Å²) in [6.45, 7) is 2.14. The molecule has 18 heavy (non-hydrogen) atoms. The van der Waals surface area contributed by atoms with E-state index in [-0.39, 0.29) is 0 Å². The van der Waals surface area contributed by atoms with Gasteiger partial charge >= 0.3 is 0 Å². The fourth-order valence-electron chi connectivity index (χ4n) is 1.94. The van der Waals surface area contributed by atoms with Crippen LogP contribution in [0, 0.1) is 0 Å². The fourth-order valence-corrected chi connectivity index (χ4v) is 1.94. The van der Waals surface area contributed by atoms with Crippen molar-refractivity contribution >= 4 is 16.9 Å². The zero-order valence-electron chi connectivity index (χ0n) is 10.0. The van der Waals surface area contributed by atoms with Gasteiger partial charge in [0.15, 0.2) is 0 Å². The number of anilines is 1. The number of hydrogen-bond acceptors (Lipinski definition) is 4. The Morgan fingerprint density at radius 3 is 2.72 bits per heavy atom. The van der Waals surface area contributed by atoms with Crippen molar-refractivity contribution < 1.29 is 0 Å². The van der Waals surface area contributed by atoms with E-state index in [1.807, 2.05) is 29.3 Å². The van der Waals surface area contributed by atoms with E-state index < -0.39 is 0 Å². The maximum atomic E-state index is 4.35. The molecule has 5 nitrogen and oxygen atoms in total. The second-order valence-corrected chi connectivity index (χ2v) is 3.97. The molecule has 0 saturated heterocycles. The van der Waals surface area contributed by atoms with Gasteiger partial charge in [0.25, 0.3) is 0 Å². The summed E-state index contributed by atoms with van der Waals surface area (Å²) < 4.78 is 1.84. The minimum Gasteiger partial charge on any atom is -0.265 e. The van der Waals surface area contributed by atoms with E-state index in [1.165, 1.54) is 5.56 Å². The van der Waals surface area contributed by atoms with Gasteiger partial charge in [-0.25, -0.2) is 9.97 Å². The molecule has 90 valence electrons. The van der Waals surface area contributed by atoms with Crippen molar-refractivity contribution in [2.75, 3.05) is 5.43 Å². The summed E-state index contributed by atoms with van der Waals surface area (Å²) in [6.07, 6.45) is 10.2. The number of hydrogen-bond donors (Lipinski definition) is 1. The largest absolute Gasteiger partial charge is 0.265 e. The van der Waals surface area contributed by atoms with Crippen LogP contribution < -0.4 is 5.43 Å². The molecule has 0 unspecified atom stereocenters. The minimum atomic E-state index is 0.566. The van der Waals surface area contributed by atoms with E-state index >= 15 is 0 Å². The Balaban J connectivity index is 1.99. The highest BCUT2D eigenvalue weighted by molar-refractivity contribution is 5.81. The monoisotopic (exact) mass is 239 g/mol.